The van der Waals surface area contributed by atoms with Gasteiger partial charge in [0.1, 0.15) is 17.7 Å². The number of rotatable bonds is 6. The number of hydrogen-bond donors (Lipinski definition) is 0. The predicted molar refractivity (Wildman–Crippen MR) is 129 cm³/mol. The Kier molecular flexibility index (Phi) is 6.62. The molecule has 3 aliphatic rings. The predicted octanol–water partition coefficient (Wildman–Crippen LogP) is 5.94. The average Bonchev–Trinajstić information content (AvgIpc) is 3.47. The first-order valence-electron chi connectivity index (χ1n) is 12.2. The molecule has 2 heterocycles. The summed E-state index contributed by atoms with van der Waals surface area (Å²) in [5.41, 5.74) is 3.63. The topological polar surface area (TPSA) is 32.8 Å². The molecule has 5 rings (SSSR count). The van der Waals surface area contributed by atoms with E-state index in [1.54, 1.807) is 11.0 Å². The fraction of sp³-hybridized carbons (Fsp3) is 0.519. The number of benzene rings is 2. The fourth-order valence-corrected chi connectivity index (χ4v) is 5.48. The quantitative estimate of drug-likeness (QED) is 0.523. The van der Waals surface area contributed by atoms with Crippen LogP contribution in [0.1, 0.15) is 71.5 Å². The molecule has 0 bridgehead atoms. The summed E-state index contributed by atoms with van der Waals surface area (Å²) in [4.78, 5) is 17.0. The molecule has 1 amide bonds. The average molecular weight is 471 g/mol. The van der Waals surface area contributed by atoms with E-state index in [2.05, 4.69) is 17.9 Å². The van der Waals surface area contributed by atoms with Crippen molar-refractivity contribution in [3.8, 4) is 5.75 Å². The number of piperidine rings is 1. The monoisotopic (exact) mass is 470 g/mol. The van der Waals surface area contributed by atoms with Gasteiger partial charge in [0.25, 0.3) is 5.91 Å². The molecule has 4 nitrogen and oxygen atoms in total. The van der Waals surface area contributed by atoms with Crippen molar-refractivity contribution in [3.63, 3.8) is 0 Å². The fourth-order valence-electron chi connectivity index (χ4n) is 5.17. The van der Waals surface area contributed by atoms with Crippen molar-refractivity contribution in [2.45, 2.75) is 64.0 Å². The first kappa shape index (κ1) is 22.7. The Morgan fingerprint density at radius 3 is 2.42 bits per heavy atom. The smallest absolute Gasteiger partial charge is 0.256 e. The maximum Gasteiger partial charge on any atom is 0.256 e. The molecular formula is C27H32ClFN2O2. The van der Waals surface area contributed by atoms with E-state index >= 15 is 0 Å². The number of aryl methyl sites for hydroxylation is 1. The lowest BCUT2D eigenvalue weighted by atomic mass is 10.0. The highest BCUT2D eigenvalue weighted by molar-refractivity contribution is 6.30. The van der Waals surface area contributed by atoms with Crippen LogP contribution in [0, 0.1) is 12.7 Å². The van der Waals surface area contributed by atoms with Crippen molar-refractivity contribution in [2.24, 2.45) is 0 Å². The lowest BCUT2D eigenvalue weighted by Crippen LogP contribution is -2.38. The Morgan fingerprint density at radius 1 is 1.03 bits per heavy atom. The van der Waals surface area contributed by atoms with Crippen LogP contribution in [0.5, 0.6) is 5.75 Å². The summed E-state index contributed by atoms with van der Waals surface area (Å²) in [6, 6.07) is 9.44. The van der Waals surface area contributed by atoms with Crippen molar-refractivity contribution >= 4 is 17.5 Å². The molecule has 0 aromatic heterocycles. The zero-order chi connectivity index (χ0) is 22.9. The Hall–Kier alpha value is -2.11. The molecule has 0 spiro atoms. The first-order valence-corrected chi connectivity index (χ1v) is 12.6. The van der Waals surface area contributed by atoms with E-state index in [1.807, 2.05) is 12.1 Å². The van der Waals surface area contributed by atoms with Crippen LogP contribution in [0.25, 0.3) is 0 Å². The number of amides is 1. The number of hydrogen-bond acceptors (Lipinski definition) is 3. The number of carbonyl (C=O) groups is 1. The molecule has 2 aromatic carbocycles. The Labute approximate surface area is 200 Å². The molecule has 3 fully saturated rings. The van der Waals surface area contributed by atoms with E-state index < -0.39 is 5.82 Å². The molecule has 33 heavy (non-hydrogen) atoms. The van der Waals surface area contributed by atoms with Crippen LogP contribution < -0.4 is 4.74 Å². The van der Waals surface area contributed by atoms with Gasteiger partial charge in [0.2, 0.25) is 0 Å². The van der Waals surface area contributed by atoms with Crippen molar-refractivity contribution in [3.05, 3.63) is 63.4 Å². The third-order valence-electron chi connectivity index (χ3n) is 7.08. The van der Waals surface area contributed by atoms with Gasteiger partial charge >= 0.3 is 0 Å². The Morgan fingerprint density at radius 2 is 1.76 bits per heavy atom. The second-order valence-electron chi connectivity index (χ2n) is 9.87. The van der Waals surface area contributed by atoms with Crippen LogP contribution in [0.2, 0.25) is 5.02 Å². The van der Waals surface area contributed by atoms with Gasteiger partial charge in [0.15, 0.2) is 0 Å². The van der Waals surface area contributed by atoms with Gasteiger partial charge in [0, 0.05) is 43.8 Å². The van der Waals surface area contributed by atoms with Crippen LogP contribution in [-0.2, 0) is 6.54 Å². The molecule has 2 saturated heterocycles. The molecule has 0 atom stereocenters. The molecule has 0 N–H and O–H groups in total. The van der Waals surface area contributed by atoms with Crippen LogP contribution in [-0.4, -0.2) is 48.0 Å². The van der Waals surface area contributed by atoms with Gasteiger partial charge in [-0.2, -0.15) is 0 Å². The summed E-state index contributed by atoms with van der Waals surface area (Å²) in [5.74, 6) is 0.386. The molecule has 0 unspecified atom stereocenters. The highest BCUT2D eigenvalue weighted by Gasteiger charge is 2.32. The van der Waals surface area contributed by atoms with Crippen LogP contribution in [0.15, 0.2) is 30.3 Å². The second kappa shape index (κ2) is 9.63. The summed E-state index contributed by atoms with van der Waals surface area (Å²) in [6.45, 7) is 6.26. The van der Waals surface area contributed by atoms with Crippen molar-refractivity contribution in [2.75, 3.05) is 26.2 Å². The van der Waals surface area contributed by atoms with E-state index in [0.717, 1.165) is 81.8 Å². The van der Waals surface area contributed by atoms with E-state index in [4.69, 9.17) is 16.3 Å². The summed E-state index contributed by atoms with van der Waals surface area (Å²) < 4.78 is 21.3. The summed E-state index contributed by atoms with van der Waals surface area (Å²) in [6.07, 6.45) is 6.03. The maximum absolute atomic E-state index is 15.0. The van der Waals surface area contributed by atoms with Gasteiger partial charge in [-0.15, -0.1) is 0 Å². The van der Waals surface area contributed by atoms with Crippen molar-refractivity contribution in [1.29, 1.82) is 0 Å². The SMILES string of the molecule is Cc1cc(Cl)cc(CN2CCC(Oc3cc(F)c(C(=O)N4CCCC4)cc3C3CC3)CC2)c1. The molecule has 6 heteroatoms. The minimum Gasteiger partial charge on any atom is -0.490 e. The third kappa shape index (κ3) is 5.36. The molecular weight excluding hydrogens is 439 g/mol. The van der Waals surface area contributed by atoms with Gasteiger partial charge < -0.3 is 9.64 Å². The van der Waals surface area contributed by atoms with Gasteiger partial charge in [-0.05, 0) is 86.3 Å². The third-order valence-corrected chi connectivity index (χ3v) is 7.29. The molecule has 1 aliphatic carbocycles. The van der Waals surface area contributed by atoms with Crippen LogP contribution in [0.3, 0.4) is 0 Å². The summed E-state index contributed by atoms with van der Waals surface area (Å²) >= 11 is 6.21. The largest absolute Gasteiger partial charge is 0.490 e. The molecule has 2 aliphatic heterocycles. The highest BCUT2D eigenvalue weighted by atomic mass is 35.5. The molecule has 0 radical (unpaired) electrons. The van der Waals surface area contributed by atoms with Gasteiger partial charge in [0.05, 0.1) is 5.56 Å². The standard InChI is InChI=1S/C27H32ClFN2O2/c1-18-12-19(14-21(28)13-18)17-30-10-6-22(7-11-30)33-26-16-25(29)24(15-23(26)20-4-5-20)27(32)31-8-2-3-9-31/h12-16,20,22H,2-11,17H2,1H3. The second-order valence-corrected chi connectivity index (χ2v) is 10.3. The molecule has 1 saturated carbocycles. The normalized spacial score (nSPS) is 19.8. The van der Waals surface area contributed by atoms with Gasteiger partial charge in [-0.3, -0.25) is 9.69 Å². The van der Waals surface area contributed by atoms with Gasteiger partial charge in [-0.25, -0.2) is 4.39 Å². The Balaban J connectivity index is 1.24. The summed E-state index contributed by atoms with van der Waals surface area (Å²) in [5, 5.41) is 0.782. The zero-order valence-electron chi connectivity index (χ0n) is 19.3. The zero-order valence-corrected chi connectivity index (χ0v) is 20.0. The number of likely N-dealkylation sites (tertiary alicyclic amines) is 2. The number of ether oxygens (including phenoxy) is 1. The number of carbonyl (C=O) groups excluding carboxylic acids is 1. The minimum atomic E-state index is -0.458. The molecule has 2 aromatic rings. The van der Waals surface area contributed by atoms with E-state index in [1.165, 1.54) is 17.2 Å². The van der Waals surface area contributed by atoms with Crippen molar-refractivity contribution < 1.29 is 13.9 Å². The van der Waals surface area contributed by atoms with E-state index in [9.17, 15) is 9.18 Å². The first-order chi connectivity index (χ1) is 16.0. The van der Waals surface area contributed by atoms with Crippen LogP contribution >= 0.6 is 11.6 Å². The minimum absolute atomic E-state index is 0.0689. The van der Waals surface area contributed by atoms with E-state index in [0.29, 0.717) is 11.7 Å². The van der Waals surface area contributed by atoms with E-state index in [-0.39, 0.29) is 17.6 Å². The van der Waals surface area contributed by atoms with Crippen molar-refractivity contribution in [1.82, 2.24) is 9.80 Å². The van der Waals surface area contributed by atoms with Gasteiger partial charge in [-0.1, -0.05) is 17.7 Å². The Bertz CT molecular complexity index is 1000. The van der Waals surface area contributed by atoms with Crippen LogP contribution in [0.4, 0.5) is 4.39 Å². The number of nitrogens with zero attached hydrogens (tertiary/aromatic N) is 2. The lowest BCUT2D eigenvalue weighted by Gasteiger charge is -2.32. The highest BCUT2D eigenvalue weighted by Crippen LogP contribution is 2.45. The number of halogens is 2. The molecule has 176 valence electrons. The lowest BCUT2D eigenvalue weighted by molar-refractivity contribution is 0.0787. The summed E-state index contributed by atoms with van der Waals surface area (Å²) in [7, 11) is 0. The maximum atomic E-state index is 15.0.